The van der Waals surface area contributed by atoms with Crippen molar-refractivity contribution in [2.45, 2.75) is 45.6 Å². The smallest absolute Gasteiger partial charge is 0.317 e. The van der Waals surface area contributed by atoms with Gasteiger partial charge in [-0.15, -0.1) is 11.3 Å². The molecule has 26 heavy (non-hydrogen) atoms. The number of nitrogens with one attached hydrogen (secondary N) is 1. The van der Waals surface area contributed by atoms with Gasteiger partial charge in [-0.05, 0) is 43.7 Å². The van der Waals surface area contributed by atoms with Crippen LogP contribution in [0.3, 0.4) is 0 Å². The Balaban J connectivity index is 1.53. The Morgan fingerprint density at radius 2 is 2.08 bits per heavy atom. The Hall–Kier alpha value is -2.08. The number of aromatic nitrogens is 1. The molecule has 140 valence electrons. The highest BCUT2D eigenvalue weighted by molar-refractivity contribution is 7.11. The third kappa shape index (κ3) is 4.18. The van der Waals surface area contributed by atoms with Gasteiger partial charge in [-0.25, -0.2) is 9.78 Å². The average Bonchev–Trinajstić information content (AvgIpc) is 3.06. The molecule has 2 amide bonds. The molecular formula is C20H27N3O2S. The van der Waals surface area contributed by atoms with E-state index in [1.165, 1.54) is 10.4 Å². The lowest BCUT2D eigenvalue weighted by Gasteiger charge is -2.32. The fourth-order valence-electron chi connectivity index (χ4n) is 3.59. The summed E-state index contributed by atoms with van der Waals surface area (Å²) in [5, 5.41) is 4.13. The number of methoxy groups -OCH3 is 1. The minimum Gasteiger partial charge on any atom is -0.496 e. The van der Waals surface area contributed by atoms with Gasteiger partial charge in [0.2, 0.25) is 0 Å². The number of hydrogen-bond acceptors (Lipinski definition) is 4. The van der Waals surface area contributed by atoms with Crippen molar-refractivity contribution in [2.24, 2.45) is 0 Å². The topological polar surface area (TPSA) is 54.5 Å². The average molecular weight is 374 g/mol. The van der Waals surface area contributed by atoms with E-state index in [0.717, 1.165) is 48.8 Å². The number of para-hydroxylation sites is 1. The molecule has 3 rings (SSSR count). The van der Waals surface area contributed by atoms with Crippen LogP contribution in [0.1, 0.15) is 46.8 Å². The second kappa shape index (κ2) is 8.54. The first-order valence-corrected chi connectivity index (χ1v) is 10.0. The summed E-state index contributed by atoms with van der Waals surface area (Å²) >= 11 is 1.67. The lowest BCUT2D eigenvalue weighted by Crippen LogP contribution is -2.43. The highest BCUT2D eigenvalue weighted by Gasteiger charge is 2.25. The van der Waals surface area contributed by atoms with Crippen molar-refractivity contribution in [1.82, 2.24) is 15.2 Å². The second-order valence-electron chi connectivity index (χ2n) is 6.62. The number of urea groups is 1. The first-order chi connectivity index (χ1) is 12.6. The first kappa shape index (κ1) is 18.7. The van der Waals surface area contributed by atoms with Crippen molar-refractivity contribution < 1.29 is 9.53 Å². The van der Waals surface area contributed by atoms with Gasteiger partial charge in [0.15, 0.2) is 0 Å². The Bertz CT molecular complexity index is 751. The molecule has 1 aliphatic rings. The Kier molecular flexibility index (Phi) is 6.14. The summed E-state index contributed by atoms with van der Waals surface area (Å²) in [6, 6.07) is 8.22. The largest absolute Gasteiger partial charge is 0.496 e. The molecule has 0 unspecified atom stereocenters. The summed E-state index contributed by atoms with van der Waals surface area (Å²) in [7, 11) is 1.72. The van der Waals surface area contributed by atoms with Crippen LogP contribution in [0.5, 0.6) is 5.75 Å². The van der Waals surface area contributed by atoms with Crippen molar-refractivity contribution in [3.05, 3.63) is 45.4 Å². The molecule has 1 aliphatic heterocycles. The molecular weight excluding hydrogens is 346 g/mol. The molecule has 1 aromatic heterocycles. The summed E-state index contributed by atoms with van der Waals surface area (Å²) in [6.07, 6.45) is 2.83. The van der Waals surface area contributed by atoms with Crippen molar-refractivity contribution in [3.63, 3.8) is 0 Å². The van der Waals surface area contributed by atoms with Gasteiger partial charge in [0.1, 0.15) is 5.75 Å². The molecule has 1 fully saturated rings. The number of ether oxygens (including phenoxy) is 1. The van der Waals surface area contributed by atoms with E-state index in [-0.39, 0.29) is 6.03 Å². The number of nitrogens with zero attached hydrogens (tertiary/aromatic N) is 2. The number of thiazole rings is 1. The summed E-state index contributed by atoms with van der Waals surface area (Å²) < 4.78 is 5.49. The highest BCUT2D eigenvalue weighted by Crippen LogP contribution is 2.34. The van der Waals surface area contributed by atoms with E-state index in [1.54, 1.807) is 18.4 Å². The van der Waals surface area contributed by atoms with Crippen LogP contribution in [0.15, 0.2) is 24.3 Å². The molecule has 2 aromatic rings. The summed E-state index contributed by atoms with van der Waals surface area (Å²) in [5.74, 6) is 1.40. The molecule has 1 N–H and O–H groups in total. The van der Waals surface area contributed by atoms with E-state index in [2.05, 4.69) is 29.4 Å². The van der Waals surface area contributed by atoms with Crippen LogP contribution in [0.25, 0.3) is 0 Å². The van der Waals surface area contributed by atoms with E-state index in [1.807, 2.05) is 24.0 Å². The Labute approximate surface area is 159 Å². The maximum absolute atomic E-state index is 12.5. The Morgan fingerprint density at radius 3 is 2.77 bits per heavy atom. The fraction of sp³-hybridized carbons (Fsp3) is 0.500. The zero-order valence-electron chi connectivity index (χ0n) is 15.7. The van der Waals surface area contributed by atoms with Gasteiger partial charge < -0.3 is 15.0 Å². The second-order valence-corrected chi connectivity index (χ2v) is 7.91. The quantitative estimate of drug-likeness (QED) is 0.858. The van der Waals surface area contributed by atoms with Crippen LogP contribution in [0, 0.1) is 6.92 Å². The van der Waals surface area contributed by atoms with Crippen LogP contribution in [-0.2, 0) is 13.0 Å². The van der Waals surface area contributed by atoms with E-state index in [9.17, 15) is 4.79 Å². The van der Waals surface area contributed by atoms with E-state index < -0.39 is 0 Å². The summed E-state index contributed by atoms with van der Waals surface area (Å²) in [6.45, 7) is 6.23. The van der Waals surface area contributed by atoms with Crippen LogP contribution in [-0.4, -0.2) is 36.1 Å². The third-order valence-electron chi connectivity index (χ3n) is 4.98. The number of piperidine rings is 1. The van der Waals surface area contributed by atoms with Gasteiger partial charge in [-0.1, -0.05) is 25.1 Å². The van der Waals surface area contributed by atoms with Crippen LogP contribution in [0.4, 0.5) is 4.79 Å². The maximum Gasteiger partial charge on any atom is 0.317 e. The molecule has 0 bridgehead atoms. The van der Waals surface area contributed by atoms with Gasteiger partial charge in [-0.3, -0.25) is 0 Å². The van der Waals surface area contributed by atoms with Crippen molar-refractivity contribution in [3.8, 4) is 5.75 Å². The molecule has 2 heterocycles. The number of aryl methyl sites for hydroxylation is 2. The molecule has 5 nitrogen and oxygen atoms in total. The van der Waals surface area contributed by atoms with Gasteiger partial charge >= 0.3 is 6.03 Å². The fourth-order valence-corrected chi connectivity index (χ4v) is 4.56. The molecule has 0 aliphatic carbocycles. The van der Waals surface area contributed by atoms with Gasteiger partial charge in [0, 0.05) is 18.0 Å². The van der Waals surface area contributed by atoms with Crippen LogP contribution >= 0.6 is 11.3 Å². The minimum atomic E-state index is 0.0246. The van der Waals surface area contributed by atoms with Crippen LogP contribution in [0.2, 0.25) is 0 Å². The minimum absolute atomic E-state index is 0.0246. The lowest BCUT2D eigenvalue weighted by molar-refractivity contribution is 0.180. The lowest BCUT2D eigenvalue weighted by atomic mass is 9.89. The van der Waals surface area contributed by atoms with Crippen molar-refractivity contribution in [2.75, 3.05) is 20.2 Å². The van der Waals surface area contributed by atoms with Crippen molar-refractivity contribution in [1.29, 1.82) is 0 Å². The number of benzene rings is 1. The van der Waals surface area contributed by atoms with E-state index in [0.29, 0.717) is 12.5 Å². The predicted molar refractivity (Wildman–Crippen MR) is 105 cm³/mol. The standard InChI is InChI=1S/C20H27N3O2S/c1-4-17-19(26-14(2)22-17)13-21-20(24)23-11-9-15(10-12-23)16-7-5-6-8-18(16)25-3/h5-8,15H,4,9-13H2,1-3H3,(H,21,24). The highest BCUT2D eigenvalue weighted by atomic mass is 32.1. The molecule has 1 aromatic carbocycles. The number of carbonyl (C=O) groups excluding carboxylic acids is 1. The molecule has 1 saturated heterocycles. The first-order valence-electron chi connectivity index (χ1n) is 9.23. The van der Waals surface area contributed by atoms with E-state index in [4.69, 9.17) is 4.74 Å². The van der Waals surface area contributed by atoms with Crippen molar-refractivity contribution >= 4 is 17.4 Å². The summed E-state index contributed by atoms with van der Waals surface area (Å²) in [5.41, 5.74) is 2.35. The van der Waals surface area contributed by atoms with Gasteiger partial charge in [0.25, 0.3) is 0 Å². The van der Waals surface area contributed by atoms with Gasteiger partial charge in [-0.2, -0.15) is 0 Å². The third-order valence-corrected chi connectivity index (χ3v) is 5.99. The van der Waals surface area contributed by atoms with E-state index >= 15 is 0 Å². The van der Waals surface area contributed by atoms with Gasteiger partial charge in [0.05, 0.1) is 24.4 Å². The number of rotatable bonds is 5. The molecule has 0 saturated carbocycles. The maximum atomic E-state index is 12.5. The number of likely N-dealkylation sites (tertiary alicyclic amines) is 1. The molecule has 0 radical (unpaired) electrons. The zero-order valence-corrected chi connectivity index (χ0v) is 16.6. The summed E-state index contributed by atoms with van der Waals surface area (Å²) in [4.78, 5) is 20.1. The van der Waals surface area contributed by atoms with Crippen LogP contribution < -0.4 is 10.1 Å². The number of amides is 2. The normalized spacial score (nSPS) is 15.1. The Morgan fingerprint density at radius 1 is 1.35 bits per heavy atom. The molecule has 0 atom stereocenters. The number of hydrogen-bond donors (Lipinski definition) is 1. The molecule has 6 heteroatoms. The predicted octanol–water partition coefficient (Wildman–Crippen LogP) is 4.11. The number of carbonyl (C=O) groups is 1. The zero-order chi connectivity index (χ0) is 18.5. The molecule has 0 spiro atoms. The monoisotopic (exact) mass is 373 g/mol. The SMILES string of the molecule is CCc1nc(C)sc1CNC(=O)N1CCC(c2ccccc2OC)CC1.